The summed E-state index contributed by atoms with van der Waals surface area (Å²) in [5.41, 5.74) is 1.20. The summed E-state index contributed by atoms with van der Waals surface area (Å²) >= 11 is 0. The van der Waals surface area contributed by atoms with Crippen LogP contribution in [0.25, 0.3) is 0 Å². The van der Waals surface area contributed by atoms with Gasteiger partial charge < -0.3 is 10.1 Å². The highest BCUT2D eigenvalue weighted by atomic mass is 16.5. The Balaban J connectivity index is 1.77. The lowest BCUT2D eigenvalue weighted by Crippen LogP contribution is -2.22. The zero-order valence-electron chi connectivity index (χ0n) is 12.2. The van der Waals surface area contributed by atoms with Crippen molar-refractivity contribution >= 4 is 0 Å². The van der Waals surface area contributed by atoms with E-state index >= 15 is 0 Å². The molecule has 2 aromatic rings. The van der Waals surface area contributed by atoms with Crippen LogP contribution in [-0.2, 0) is 13.1 Å². The fourth-order valence-electron chi connectivity index (χ4n) is 1.97. The van der Waals surface area contributed by atoms with Crippen molar-refractivity contribution < 1.29 is 4.74 Å². The van der Waals surface area contributed by atoms with Gasteiger partial charge in [-0.25, -0.2) is 0 Å². The Kier molecular flexibility index (Phi) is 5.62. The SMILES string of the molecule is CC(C)CNCc1ccnn1CCOc1ccccc1. The van der Waals surface area contributed by atoms with Gasteiger partial charge in [-0.3, -0.25) is 4.68 Å². The van der Waals surface area contributed by atoms with Crippen molar-refractivity contribution in [3.63, 3.8) is 0 Å². The van der Waals surface area contributed by atoms with Crippen LogP contribution < -0.4 is 10.1 Å². The number of para-hydroxylation sites is 1. The lowest BCUT2D eigenvalue weighted by atomic mass is 10.2. The van der Waals surface area contributed by atoms with Crippen molar-refractivity contribution in [3.05, 3.63) is 48.3 Å². The van der Waals surface area contributed by atoms with Crippen LogP contribution in [0.15, 0.2) is 42.6 Å². The number of ether oxygens (including phenoxy) is 1. The van der Waals surface area contributed by atoms with E-state index in [1.54, 1.807) is 0 Å². The van der Waals surface area contributed by atoms with E-state index in [0.717, 1.165) is 25.4 Å². The molecule has 108 valence electrons. The minimum absolute atomic E-state index is 0.628. The third-order valence-corrected chi connectivity index (χ3v) is 2.98. The van der Waals surface area contributed by atoms with Crippen LogP contribution in [0.3, 0.4) is 0 Å². The monoisotopic (exact) mass is 273 g/mol. The van der Waals surface area contributed by atoms with Gasteiger partial charge in [0.05, 0.1) is 12.2 Å². The second-order valence-corrected chi connectivity index (χ2v) is 5.23. The minimum atomic E-state index is 0.628. The molecule has 1 aromatic heterocycles. The highest BCUT2D eigenvalue weighted by molar-refractivity contribution is 5.20. The maximum atomic E-state index is 5.70. The van der Waals surface area contributed by atoms with E-state index in [2.05, 4.69) is 30.3 Å². The molecule has 1 aromatic carbocycles. The number of nitrogens with one attached hydrogen (secondary N) is 1. The van der Waals surface area contributed by atoms with Gasteiger partial charge in [0.1, 0.15) is 12.4 Å². The predicted octanol–water partition coefficient (Wildman–Crippen LogP) is 2.71. The molecule has 0 spiro atoms. The van der Waals surface area contributed by atoms with Gasteiger partial charge in [0.15, 0.2) is 0 Å². The van der Waals surface area contributed by atoms with Gasteiger partial charge in [-0.15, -0.1) is 0 Å². The number of benzene rings is 1. The van der Waals surface area contributed by atoms with Gasteiger partial charge in [-0.2, -0.15) is 5.10 Å². The van der Waals surface area contributed by atoms with Gasteiger partial charge in [0, 0.05) is 12.7 Å². The second-order valence-electron chi connectivity index (χ2n) is 5.23. The first kappa shape index (κ1) is 14.6. The van der Waals surface area contributed by atoms with Gasteiger partial charge in [0.2, 0.25) is 0 Å². The van der Waals surface area contributed by atoms with E-state index in [4.69, 9.17) is 4.74 Å². The van der Waals surface area contributed by atoms with Crippen LogP contribution >= 0.6 is 0 Å². The number of hydrogen-bond donors (Lipinski definition) is 1. The third kappa shape index (κ3) is 4.70. The van der Waals surface area contributed by atoms with Crippen molar-refractivity contribution in [3.8, 4) is 5.75 Å². The van der Waals surface area contributed by atoms with Crippen LogP contribution in [-0.4, -0.2) is 22.9 Å². The molecular weight excluding hydrogens is 250 g/mol. The molecule has 4 nitrogen and oxygen atoms in total. The molecule has 20 heavy (non-hydrogen) atoms. The van der Waals surface area contributed by atoms with Crippen LogP contribution in [0.2, 0.25) is 0 Å². The van der Waals surface area contributed by atoms with E-state index < -0.39 is 0 Å². The molecule has 0 amide bonds. The average molecular weight is 273 g/mol. The molecule has 0 aliphatic heterocycles. The molecule has 0 radical (unpaired) electrons. The summed E-state index contributed by atoms with van der Waals surface area (Å²) in [5.74, 6) is 1.56. The molecule has 1 N–H and O–H groups in total. The summed E-state index contributed by atoms with van der Waals surface area (Å²) in [7, 11) is 0. The van der Waals surface area contributed by atoms with Crippen LogP contribution in [0.4, 0.5) is 0 Å². The topological polar surface area (TPSA) is 39.1 Å². The molecule has 0 saturated carbocycles. The summed E-state index contributed by atoms with van der Waals surface area (Å²) < 4.78 is 7.69. The lowest BCUT2D eigenvalue weighted by Gasteiger charge is -2.11. The van der Waals surface area contributed by atoms with E-state index in [-0.39, 0.29) is 0 Å². The molecular formula is C16H23N3O. The smallest absolute Gasteiger partial charge is 0.119 e. The average Bonchev–Trinajstić information content (AvgIpc) is 2.87. The van der Waals surface area contributed by atoms with Gasteiger partial charge in [-0.1, -0.05) is 32.0 Å². The van der Waals surface area contributed by atoms with Gasteiger partial charge in [-0.05, 0) is 30.7 Å². The Hall–Kier alpha value is -1.81. The summed E-state index contributed by atoms with van der Waals surface area (Å²) in [4.78, 5) is 0. The number of aromatic nitrogens is 2. The first-order valence-electron chi connectivity index (χ1n) is 7.15. The minimum Gasteiger partial charge on any atom is -0.492 e. The predicted molar refractivity (Wildman–Crippen MR) is 80.7 cm³/mol. The van der Waals surface area contributed by atoms with E-state index in [9.17, 15) is 0 Å². The zero-order valence-corrected chi connectivity index (χ0v) is 12.2. The van der Waals surface area contributed by atoms with Crippen LogP contribution in [0, 0.1) is 5.92 Å². The Morgan fingerprint density at radius 3 is 2.75 bits per heavy atom. The molecule has 2 rings (SSSR count). The number of rotatable bonds is 8. The third-order valence-electron chi connectivity index (χ3n) is 2.98. The largest absolute Gasteiger partial charge is 0.492 e. The Morgan fingerprint density at radius 1 is 1.20 bits per heavy atom. The summed E-state index contributed by atoms with van der Waals surface area (Å²) in [6, 6.07) is 11.9. The molecule has 1 heterocycles. The number of hydrogen-bond acceptors (Lipinski definition) is 3. The standard InChI is InChI=1S/C16H23N3O/c1-14(2)12-17-13-15-8-9-18-19(15)10-11-20-16-6-4-3-5-7-16/h3-9,14,17H,10-13H2,1-2H3. The summed E-state index contributed by atoms with van der Waals surface area (Å²) in [6.07, 6.45) is 1.84. The Morgan fingerprint density at radius 2 is 2.00 bits per heavy atom. The normalized spacial score (nSPS) is 10.9. The molecule has 0 saturated heterocycles. The zero-order chi connectivity index (χ0) is 14.2. The van der Waals surface area contributed by atoms with Crippen molar-refractivity contribution in [2.24, 2.45) is 5.92 Å². The van der Waals surface area contributed by atoms with E-state index in [1.807, 2.05) is 41.2 Å². The van der Waals surface area contributed by atoms with E-state index in [0.29, 0.717) is 12.5 Å². The summed E-state index contributed by atoms with van der Waals surface area (Å²) in [6.45, 7) is 7.68. The maximum absolute atomic E-state index is 5.70. The molecule has 0 aliphatic rings. The van der Waals surface area contributed by atoms with Gasteiger partial charge in [0.25, 0.3) is 0 Å². The summed E-state index contributed by atoms with van der Waals surface area (Å²) in [5, 5.41) is 7.78. The quantitative estimate of drug-likeness (QED) is 0.804. The molecule has 0 unspecified atom stereocenters. The first-order valence-corrected chi connectivity index (χ1v) is 7.15. The van der Waals surface area contributed by atoms with Crippen molar-refractivity contribution in [1.82, 2.24) is 15.1 Å². The molecule has 0 bridgehead atoms. The fourth-order valence-corrected chi connectivity index (χ4v) is 1.97. The second kappa shape index (κ2) is 7.70. The molecule has 0 atom stereocenters. The lowest BCUT2D eigenvalue weighted by molar-refractivity contribution is 0.288. The highest BCUT2D eigenvalue weighted by Gasteiger charge is 2.03. The van der Waals surface area contributed by atoms with Crippen molar-refractivity contribution in [2.45, 2.75) is 26.9 Å². The van der Waals surface area contributed by atoms with E-state index in [1.165, 1.54) is 5.69 Å². The molecule has 0 aliphatic carbocycles. The van der Waals surface area contributed by atoms with Crippen LogP contribution in [0.5, 0.6) is 5.75 Å². The van der Waals surface area contributed by atoms with Crippen molar-refractivity contribution in [1.29, 1.82) is 0 Å². The molecule has 0 fully saturated rings. The Bertz CT molecular complexity index is 493. The Labute approximate surface area is 120 Å². The maximum Gasteiger partial charge on any atom is 0.119 e. The van der Waals surface area contributed by atoms with Crippen LogP contribution in [0.1, 0.15) is 19.5 Å². The van der Waals surface area contributed by atoms with Gasteiger partial charge >= 0.3 is 0 Å². The molecule has 4 heteroatoms. The first-order chi connectivity index (χ1) is 9.75. The number of nitrogens with zero attached hydrogens (tertiary/aromatic N) is 2. The van der Waals surface area contributed by atoms with Crippen molar-refractivity contribution in [2.75, 3.05) is 13.2 Å². The fraction of sp³-hybridized carbons (Fsp3) is 0.438. The highest BCUT2D eigenvalue weighted by Crippen LogP contribution is 2.08.